The Labute approximate surface area is 94.8 Å². The molecule has 0 fully saturated rings. The molecule has 2 aromatic rings. The Kier molecular flexibility index (Phi) is 3.34. The van der Waals surface area contributed by atoms with Gasteiger partial charge in [0.1, 0.15) is 0 Å². The minimum Gasteiger partial charge on any atom is -0.367 e. The number of rotatable bonds is 3. The Balaban J connectivity index is 2.40. The van der Waals surface area contributed by atoms with Crippen LogP contribution in [0, 0.1) is 5.92 Å². The van der Waals surface area contributed by atoms with E-state index in [1.807, 2.05) is 60.7 Å². The van der Waals surface area contributed by atoms with E-state index in [-0.39, 0.29) is 0 Å². The summed E-state index contributed by atoms with van der Waals surface area (Å²) in [5, 5.41) is 18.9. The van der Waals surface area contributed by atoms with Crippen LogP contribution in [-0.2, 0) is 0 Å². The van der Waals surface area contributed by atoms with Crippen LogP contribution >= 0.6 is 0 Å². The quantitative estimate of drug-likeness (QED) is 0.765. The van der Waals surface area contributed by atoms with Crippen molar-refractivity contribution in [3.8, 4) is 0 Å². The lowest BCUT2D eigenvalue weighted by Crippen LogP contribution is -2.19. The first-order valence-electron chi connectivity index (χ1n) is 5.13. The largest absolute Gasteiger partial charge is 0.367 e. The zero-order valence-corrected chi connectivity index (χ0v) is 8.75. The van der Waals surface area contributed by atoms with Crippen LogP contribution in [0.5, 0.6) is 0 Å². The van der Waals surface area contributed by atoms with Gasteiger partial charge in [-0.05, 0) is 11.1 Å². The number of aliphatic hydroxyl groups excluding tert-OH is 1. The summed E-state index contributed by atoms with van der Waals surface area (Å²) in [6.45, 7) is 0. The molecule has 2 aromatic carbocycles. The molecule has 0 atom stereocenters. The summed E-state index contributed by atoms with van der Waals surface area (Å²) in [6, 6.07) is 18.8. The predicted octanol–water partition coefficient (Wildman–Crippen LogP) is 1.97. The lowest BCUT2D eigenvalue weighted by atomic mass is 9.91. The van der Waals surface area contributed by atoms with E-state index in [0.717, 1.165) is 11.1 Å². The second kappa shape index (κ2) is 4.92. The second-order valence-corrected chi connectivity index (χ2v) is 3.52. The zero-order chi connectivity index (χ0) is 11.4. The molecule has 0 saturated heterocycles. The first-order valence-corrected chi connectivity index (χ1v) is 5.13. The third kappa shape index (κ3) is 2.30. The number of hydrogen-bond acceptors (Lipinski definition) is 2. The highest BCUT2D eigenvalue weighted by Gasteiger charge is 2.21. The van der Waals surface area contributed by atoms with Crippen LogP contribution in [0.1, 0.15) is 11.1 Å². The standard InChI is InChI=1S/C14H13O2/c15-14(16)13(11-7-3-1-4-8-11)12-9-5-2-6-10-12/h1-10,14-16H. The minimum absolute atomic E-state index is 0.529. The van der Waals surface area contributed by atoms with Crippen LogP contribution in [0.3, 0.4) is 0 Å². The van der Waals surface area contributed by atoms with E-state index in [4.69, 9.17) is 0 Å². The SMILES string of the molecule is OC(O)[C](c1ccccc1)c1ccccc1. The van der Waals surface area contributed by atoms with Crippen LogP contribution in [0.4, 0.5) is 0 Å². The molecular formula is C14H13O2. The molecule has 0 saturated carbocycles. The van der Waals surface area contributed by atoms with Gasteiger partial charge in [-0.1, -0.05) is 60.7 Å². The average molecular weight is 213 g/mol. The molecule has 2 nitrogen and oxygen atoms in total. The van der Waals surface area contributed by atoms with Gasteiger partial charge in [-0.3, -0.25) is 0 Å². The zero-order valence-electron chi connectivity index (χ0n) is 8.75. The molecule has 0 aliphatic heterocycles. The fourth-order valence-corrected chi connectivity index (χ4v) is 1.70. The molecule has 2 heteroatoms. The number of aliphatic hydroxyl groups is 2. The summed E-state index contributed by atoms with van der Waals surface area (Å²) in [7, 11) is 0. The van der Waals surface area contributed by atoms with Crippen LogP contribution in [0.25, 0.3) is 0 Å². The van der Waals surface area contributed by atoms with Crippen molar-refractivity contribution in [3.63, 3.8) is 0 Å². The Morgan fingerprint density at radius 2 is 1.06 bits per heavy atom. The molecule has 16 heavy (non-hydrogen) atoms. The summed E-state index contributed by atoms with van der Waals surface area (Å²) >= 11 is 0. The first-order chi connectivity index (χ1) is 7.79. The van der Waals surface area contributed by atoms with Crippen molar-refractivity contribution in [1.29, 1.82) is 0 Å². The van der Waals surface area contributed by atoms with Crippen molar-refractivity contribution >= 4 is 0 Å². The molecule has 0 amide bonds. The topological polar surface area (TPSA) is 40.5 Å². The molecule has 0 unspecified atom stereocenters. The van der Waals surface area contributed by atoms with Gasteiger partial charge in [-0.25, -0.2) is 0 Å². The van der Waals surface area contributed by atoms with E-state index >= 15 is 0 Å². The monoisotopic (exact) mass is 213 g/mol. The van der Waals surface area contributed by atoms with Crippen molar-refractivity contribution in [1.82, 2.24) is 0 Å². The molecule has 1 radical (unpaired) electrons. The fraction of sp³-hybridized carbons (Fsp3) is 0.0714. The van der Waals surface area contributed by atoms with E-state index in [2.05, 4.69) is 0 Å². The molecule has 0 heterocycles. The van der Waals surface area contributed by atoms with Gasteiger partial charge in [0, 0.05) is 0 Å². The molecule has 2 rings (SSSR count). The van der Waals surface area contributed by atoms with Crippen molar-refractivity contribution in [3.05, 3.63) is 77.7 Å². The first kappa shape index (κ1) is 10.9. The van der Waals surface area contributed by atoms with E-state index in [0.29, 0.717) is 5.92 Å². The van der Waals surface area contributed by atoms with Crippen molar-refractivity contribution in [2.45, 2.75) is 6.29 Å². The van der Waals surface area contributed by atoms with Crippen LogP contribution in [0.15, 0.2) is 60.7 Å². The normalized spacial score (nSPS) is 11.0. The lowest BCUT2D eigenvalue weighted by molar-refractivity contribution is -0.0192. The summed E-state index contributed by atoms with van der Waals surface area (Å²) in [5.41, 5.74) is 1.65. The highest BCUT2D eigenvalue weighted by atomic mass is 16.5. The second-order valence-electron chi connectivity index (χ2n) is 3.52. The molecule has 2 N–H and O–H groups in total. The smallest absolute Gasteiger partial charge is 0.166 e. The molecule has 0 spiro atoms. The van der Waals surface area contributed by atoms with E-state index < -0.39 is 6.29 Å². The molecule has 0 aliphatic rings. The summed E-state index contributed by atoms with van der Waals surface area (Å²) in [6.07, 6.45) is -1.47. The summed E-state index contributed by atoms with van der Waals surface area (Å²) < 4.78 is 0. The highest BCUT2D eigenvalue weighted by molar-refractivity contribution is 5.46. The Bertz CT molecular complexity index is 384. The van der Waals surface area contributed by atoms with Gasteiger partial charge in [-0.2, -0.15) is 0 Å². The Morgan fingerprint density at radius 3 is 1.38 bits per heavy atom. The maximum Gasteiger partial charge on any atom is 0.166 e. The highest BCUT2D eigenvalue weighted by Crippen LogP contribution is 2.25. The van der Waals surface area contributed by atoms with Crippen LogP contribution in [-0.4, -0.2) is 16.5 Å². The lowest BCUT2D eigenvalue weighted by Gasteiger charge is -2.18. The van der Waals surface area contributed by atoms with Gasteiger partial charge in [0.15, 0.2) is 6.29 Å². The summed E-state index contributed by atoms with van der Waals surface area (Å²) in [4.78, 5) is 0. The van der Waals surface area contributed by atoms with E-state index in [1.165, 1.54) is 0 Å². The van der Waals surface area contributed by atoms with Crippen LogP contribution in [0.2, 0.25) is 0 Å². The van der Waals surface area contributed by atoms with Crippen LogP contribution < -0.4 is 0 Å². The molecule has 0 aliphatic carbocycles. The fourth-order valence-electron chi connectivity index (χ4n) is 1.70. The van der Waals surface area contributed by atoms with E-state index in [9.17, 15) is 10.2 Å². The van der Waals surface area contributed by atoms with Gasteiger partial charge < -0.3 is 10.2 Å². The third-order valence-electron chi connectivity index (χ3n) is 2.43. The van der Waals surface area contributed by atoms with Gasteiger partial charge in [0.25, 0.3) is 0 Å². The van der Waals surface area contributed by atoms with E-state index in [1.54, 1.807) is 0 Å². The Hall–Kier alpha value is -1.64. The molecular weight excluding hydrogens is 200 g/mol. The molecule has 81 valence electrons. The Morgan fingerprint density at radius 1 is 0.688 bits per heavy atom. The third-order valence-corrected chi connectivity index (χ3v) is 2.43. The van der Waals surface area contributed by atoms with Crippen molar-refractivity contribution in [2.24, 2.45) is 0 Å². The molecule has 0 bridgehead atoms. The maximum absolute atomic E-state index is 9.44. The number of benzene rings is 2. The van der Waals surface area contributed by atoms with Gasteiger partial charge >= 0.3 is 0 Å². The van der Waals surface area contributed by atoms with Gasteiger partial charge in [0.05, 0.1) is 5.92 Å². The van der Waals surface area contributed by atoms with Gasteiger partial charge in [0.2, 0.25) is 0 Å². The van der Waals surface area contributed by atoms with Gasteiger partial charge in [-0.15, -0.1) is 0 Å². The maximum atomic E-state index is 9.44. The van der Waals surface area contributed by atoms with Crippen molar-refractivity contribution in [2.75, 3.05) is 0 Å². The molecule has 0 aromatic heterocycles. The minimum atomic E-state index is -1.47. The summed E-state index contributed by atoms with van der Waals surface area (Å²) in [5.74, 6) is 0.529. The number of hydrogen-bond donors (Lipinski definition) is 2. The predicted molar refractivity (Wildman–Crippen MR) is 62.6 cm³/mol. The average Bonchev–Trinajstić information content (AvgIpc) is 2.31. The van der Waals surface area contributed by atoms with Crippen molar-refractivity contribution < 1.29 is 10.2 Å².